The Labute approximate surface area is 130 Å². The maximum Gasteiger partial charge on any atom is 0.244 e. The lowest BCUT2D eigenvalue weighted by molar-refractivity contribution is 0.219. The molecule has 0 amide bonds. The zero-order chi connectivity index (χ0) is 16.0. The van der Waals surface area contributed by atoms with Gasteiger partial charge in [0.15, 0.2) is 0 Å². The Balaban J connectivity index is 3.32. The highest BCUT2D eigenvalue weighted by atomic mass is 35.5. The summed E-state index contributed by atoms with van der Waals surface area (Å²) in [6, 6.07) is 5.80. The fourth-order valence-corrected chi connectivity index (χ4v) is 4.48. The van der Waals surface area contributed by atoms with E-state index in [1.54, 1.807) is 0 Å². The quantitative estimate of drug-likeness (QED) is 0.832. The average molecular weight is 331 g/mol. The molecule has 1 aromatic rings. The molecule has 0 heterocycles. The molecule has 116 valence electrons. The maximum atomic E-state index is 12.7. The van der Waals surface area contributed by atoms with Crippen molar-refractivity contribution in [3.05, 3.63) is 28.8 Å². The molecule has 1 aromatic carbocycles. The lowest BCUT2D eigenvalue weighted by atomic mass is 10.2. The van der Waals surface area contributed by atoms with Gasteiger partial charge in [0, 0.05) is 12.6 Å². The van der Waals surface area contributed by atoms with Crippen molar-refractivity contribution >= 4 is 21.6 Å². The van der Waals surface area contributed by atoms with Crippen LogP contribution in [0.3, 0.4) is 0 Å². The van der Waals surface area contributed by atoms with Crippen LogP contribution in [0.5, 0.6) is 0 Å². The molecule has 0 aliphatic carbocycles. The van der Waals surface area contributed by atoms with Crippen LogP contribution in [0.2, 0.25) is 5.02 Å². The topological polar surface area (TPSA) is 81.4 Å². The van der Waals surface area contributed by atoms with E-state index < -0.39 is 10.0 Å². The van der Waals surface area contributed by atoms with E-state index in [0.29, 0.717) is 18.4 Å². The molecule has 0 spiro atoms. The first-order valence-electron chi connectivity index (χ1n) is 6.74. The van der Waals surface area contributed by atoms with Crippen molar-refractivity contribution in [3.8, 4) is 6.07 Å². The molecular weight excluding hydrogens is 312 g/mol. The molecule has 0 aromatic heterocycles. The summed E-state index contributed by atoms with van der Waals surface area (Å²) in [5, 5.41) is 18.0. The van der Waals surface area contributed by atoms with Gasteiger partial charge >= 0.3 is 0 Å². The van der Waals surface area contributed by atoms with Crippen LogP contribution in [0.25, 0.3) is 0 Å². The Bertz CT molecular complexity index is 622. The third-order valence-corrected chi connectivity index (χ3v) is 5.75. The Kier molecular flexibility index (Phi) is 6.62. The number of sulfonamides is 1. The Morgan fingerprint density at radius 1 is 1.38 bits per heavy atom. The second-order valence-corrected chi connectivity index (χ2v) is 6.83. The third-order valence-electron chi connectivity index (χ3n) is 3.32. The van der Waals surface area contributed by atoms with E-state index >= 15 is 0 Å². The molecule has 0 bridgehead atoms. The van der Waals surface area contributed by atoms with Crippen molar-refractivity contribution in [1.29, 1.82) is 5.26 Å². The molecule has 0 radical (unpaired) electrons. The van der Waals surface area contributed by atoms with Crippen molar-refractivity contribution in [2.45, 2.75) is 37.6 Å². The second kappa shape index (κ2) is 7.76. The van der Waals surface area contributed by atoms with Gasteiger partial charge in [-0.25, -0.2) is 8.42 Å². The predicted molar refractivity (Wildman–Crippen MR) is 81.5 cm³/mol. The van der Waals surface area contributed by atoms with Crippen molar-refractivity contribution in [2.75, 3.05) is 13.2 Å². The predicted octanol–water partition coefficient (Wildman–Crippen LogP) is 2.38. The van der Waals surface area contributed by atoms with Gasteiger partial charge in [-0.1, -0.05) is 25.4 Å². The summed E-state index contributed by atoms with van der Waals surface area (Å²) in [5.41, 5.74) is 0.301. The highest BCUT2D eigenvalue weighted by Crippen LogP contribution is 2.28. The monoisotopic (exact) mass is 330 g/mol. The lowest BCUT2D eigenvalue weighted by Gasteiger charge is -2.29. The highest BCUT2D eigenvalue weighted by molar-refractivity contribution is 7.89. The summed E-state index contributed by atoms with van der Waals surface area (Å²) >= 11 is 6.01. The molecule has 21 heavy (non-hydrogen) atoms. The van der Waals surface area contributed by atoms with Crippen molar-refractivity contribution in [3.63, 3.8) is 0 Å². The van der Waals surface area contributed by atoms with Crippen LogP contribution in [0, 0.1) is 11.3 Å². The maximum absolute atomic E-state index is 12.7. The summed E-state index contributed by atoms with van der Waals surface area (Å²) in [4.78, 5) is -0.0384. The van der Waals surface area contributed by atoms with Crippen LogP contribution >= 0.6 is 11.6 Å². The molecule has 1 rings (SSSR count). The molecule has 0 fully saturated rings. The molecule has 0 atom stereocenters. The highest BCUT2D eigenvalue weighted by Gasteiger charge is 2.31. The third kappa shape index (κ3) is 3.95. The summed E-state index contributed by atoms with van der Waals surface area (Å²) in [7, 11) is -3.81. The summed E-state index contributed by atoms with van der Waals surface area (Å²) in [5.74, 6) is 0. The first kappa shape index (κ1) is 17.9. The van der Waals surface area contributed by atoms with Gasteiger partial charge in [0.05, 0.1) is 23.3 Å². The lowest BCUT2D eigenvalue weighted by Crippen LogP contribution is -2.41. The number of nitrogens with zero attached hydrogens (tertiary/aromatic N) is 2. The molecule has 0 saturated carbocycles. The minimum Gasteiger partial charge on any atom is -0.395 e. The van der Waals surface area contributed by atoms with Crippen LogP contribution in [-0.4, -0.2) is 37.0 Å². The molecule has 0 saturated heterocycles. The van der Waals surface area contributed by atoms with Crippen LogP contribution < -0.4 is 0 Å². The Morgan fingerprint density at radius 2 is 2.00 bits per heavy atom. The van der Waals surface area contributed by atoms with Crippen LogP contribution in [0.4, 0.5) is 0 Å². The van der Waals surface area contributed by atoms with Crippen molar-refractivity contribution < 1.29 is 13.5 Å². The number of rotatable bonds is 7. The van der Waals surface area contributed by atoms with Gasteiger partial charge in [0.1, 0.15) is 4.90 Å². The minimum absolute atomic E-state index is 0.0166. The first-order valence-corrected chi connectivity index (χ1v) is 8.56. The number of hydrogen-bond acceptors (Lipinski definition) is 4. The van der Waals surface area contributed by atoms with Gasteiger partial charge in [0.2, 0.25) is 10.0 Å². The van der Waals surface area contributed by atoms with Crippen molar-refractivity contribution in [2.24, 2.45) is 0 Å². The van der Waals surface area contributed by atoms with Crippen LogP contribution in [0.15, 0.2) is 23.1 Å². The first-order chi connectivity index (χ1) is 9.92. The molecule has 5 nitrogen and oxygen atoms in total. The molecule has 0 unspecified atom stereocenters. The van der Waals surface area contributed by atoms with Gasteiger partial charge in [-0.15, -0.1) is 0 Å². The Morgan fingerprint density at radius 3 is 2.43 bits per heavy atom. The van der Waals surface area contributed by atoms with E-state index in [0.717, 1.165) is 0 Å². The van der Waals surface area contributed by atoms with E-state index in [1.807, 2.05) is 19.9 Å². The molecule has 0 aliphatic heterocycles. The normalized spacial score (nSPS) is 11.9. The zero-order valence-corrected chi connectivity index (χ0v) is 13.7. The fraction of sp³-hybridized carbons (Fsp3) is 0.500. The SMILES string of the molecule is CCC(CC)N(CCO)S(=O)(=O)c1ccc(C#N)cc1Cl. The molecule has 1 N–H and O–H groups in total. The second-order valence-electron chi connectivity index (χ2n) is 4.57. The summed E-state index contributed by atoms with van der Waals surface area (Å²) in [6.07, 6.45) is 1.28. The number of hydrogen-bond donors (Lipinski definition) is 1. The minimum atomic E-state index is -3.81. The van der Waals surface area contributed by atoms with Gasteiger partial charge in [0.25, 0.3) is 0 Å². The fourth-order valence-electron chi connectivity index (χ4n) is 2.20. The van der Waals surface area contributed by atoms with Gasteiger partial charge in [-0.3, -0.25) is 0 Å². The van der Waals surface area contributed by atoms with Gasteiger partial charge in [-0.05, 0) is 31.0 Å². The number of benzene rings is 1. The van der Waals surface area contributed by atoms with E-state index in [4.69, 9.17) is 22.0 Å². The van der Waals surface area contributed by atoms with E-state index in [-0.39, 0.29) is 29.1 Å². The van der Waals surface area contributed by atoms with E-state index in [2.05, 4.69) is 0 Å². The van der Waals surface area contributed by atoms with Crippen LogP contribution in [0.1, 0.15) is 32.3 Å². The molecular formula is C14H19ClN2O3S. The smallest absolute Gasteiger partial charge is 0.244 e. The van der Waals surface area contributed by atoms with E-state index in [9.17, 15) is 8.42 Å². The zero-order valence-electron chi connectivity index (χ0n) is 12.1. The summed E-state index contributed by atoms with van der Waals surface area (Å²) in [6.45, 7) is 3.55. The van der Waals surface area contributed by atoms with Crippen molar-refractivity contribution in [1.82, 2.24) is 4.31 Å². The number of halogens is 1. The number of aliphatic hydroxyl groups excluding tert-OH is 1. The number of aliphatic hydroxyl groups is 1. The largest absolute Gasteiger partial charge is 0.395 e. The average Bonchev–Trinajstić information content (AvgIpc) is 2.47. The molecule has 0 aliphatic rings. The van der Waals surface area contributed by atoms with Gasteiger partial charge < -0.3 is 5.11 Å². The van der Waals surface area contributed by atoms with Gasteiger partial charge in [-0.2, -0.15) is 9.57 Å². The standard InChI is InChI=1S/C14H19ClN2O3S/c1-3-12(4-2)17(7-8-18)21(19,20)14-6-5-11(10-16)9-13(14)15/h5-6,9,12,18H,3-4,7-8H2,1-2H3. The summed E-state index contributed by atoms with van der Waals surface area (Å²) < 4.78 is 26.8. The number of nitriles is 1. The van der Waals surface area contributed by atoms with Crippen LogP contribution in [-0.2, 0) is 10.0 Å². The van der Waals surface area contributed by atoms with E-state index in [1.165, 1.54) is 22.5 Å². The Hall–Kier alpha value is -1.13. The molecule has 7 heteroatoms.